The molecule has 0 atom stereocenters. The van der Waals surface area contributed by atoms with Gasteiger partial charge in [-0.1, -0.05) is 50.2 Å². The molecule has 2 heteroatoms. The van der Waals surface area contributed by atoms with Gasteiger partial charge in [-0.3, -0.25) is 9.78 Å². The molecule has 0 unspecified atom stereocenters. The quantitative estimate of drug-likeness (QED) is 0.728. The van der Waals surface area contributed by atoms with Gasteiger partial charge < -0.3 is 0 Å². The Morgan fingerprint density at radius 2 is 1.76 bits per heavy atom. The van der Waals surface area contributed by atoms with Crippen molar-refractivity contribution in [2.45, 2.75) is 47.0 Å². The highest BCUT2D eigenvalue weighted by molar-refractivity contribution is 5.95. The van der Waals surface area contributed by atoms with E-state index in [2.05, 4.69) is 18.0 Å². The van der Waals surface area contributed by atoms with Gasteiger partial charge in [0.05, 0.1) is 0 Å². The monoisotopic (exact) mass is 283 g/mol. The first-order valence-electron chi connectivity index (χ1n) is 7.67. The van der Waals surface area contributed by atoms with Gasteiger partial charge in [-0.2, -0.15) is 0 Å². The Hall–Kier alpha value is -1.96. The Balaban J connectivity index is 0.00000106. The standard InChI is InChI=1S/C17H19NO.C2H6/c1-13-11-14(2)16(18-12-13)9-6-10-17(19)15-7-4-3-5-8-15;1-2/h3-5,7-8,11-12H,6,9-10H2,1-2H3;1-2H3. The minimum Gasteiger partial charge on any atom is -0.294 e. The van der Waals surface area contributed by atoms with Crippen molar-refractivity contribution < 1.29 is 4.79 Å². The lowest BCUT2D eigenvalue weighted by molar-refractivity contribution is 0.0980. The molecule has 21 heavy (non-hydrogen) atoms. The van der Waals surface area contributed by atoms with E-state index in [4.69, 9.17) is 0 Å². The van der Waals surface area contributed by atoms with E-state index in [0.717, 1.165) is 24.1 Å². The van der Waals surface area contributed by atoms with Crippen LogP contribution in [0, 0.1) is 13.8 Å². The molecule has 2 rings (SSSR count). The van der Waals surface area contributed by atoms with Crippen LogP contribution in [0.2, 0.25) is 0 Å². The molecule has 1 aromatic carbocycles. The molecule has 2 aromatic rings. The van der Waals surface area contributed by atoms with E-state index in [0.29, 0.717) is 6.42 Å². The Bertz CT molecular complexity index is 561. The molecular formula is C19H25NO. The average molecular weight is 283 g/mol. The summed E-state index contributed by atoms with van der Waals surface area (Å²) in [5, 5.41) is 0. The molecular weight excluding hydrogens is 258 g/mol. The smallest absolute Gasteiger partial charge is 0.162 e. The highest BCUT2D eigenvalue weighted by Crippen LogP contribution is 2.12. The van der Waals surface area contributed by atoms with Crippen LogP contribution in [-0.4, -0.2) is 10.8 Å². The number of pyridine rings is 1. The summed E-state index contributed by atoms with van der Waals surface area (Å²) in [5.74, 6) is 0.213. The van der Waals surface area contributed by atoms with E-state index < -0.39 is 0 Å². The SMILES string of the molecule is CC.Cc1cnc(CCCC(=O)c2ccccc2)c(C)c1. The summed E-state index contributed by atoms with van der Waals surface area (Å²) in [7, 11) is 0. The van der Waals surface area contributed by atoms with Crippen LogP contribution in [0.5, 0.6) is 0 Å². The van der Waals surface area contributed by atoms with Gasteiger partial charge in [0.25, 0.3) is 0 Å². The van der Waals surface area contributed by atoms with E-state index in [9.17, 15) is 4.79 Å². The maximum Gasteiger partial charge on any atom is 0.162 e. The van der Waals surface area contributed by atoms with E-state index >= 15 is 0 Å². The average Bonchev–Trinajstić information content (AvgIpc) is 2.52. The lowest BCUT2D eigenvalue weighted by atomic mass is 10.0. The van der Waals surface area contributed by atoms with Gasteiger partial charge in [-0.05, 0) is 37.8 Å². The van der Waals surface area contributed by atoms with Crippen molar-refractivity contribution in [2.75, 3.05) is 0 Å². The molecule has 0 spiro atoms. The van der Waals surface area contributed by atoms with E-state index in [1.54, 1.807) is 0 Å². The third kappa shape index (κ3) is 5.50. The number of nitrogens with zero attached hydrogens (tertiary/aromatic N) is 1. The lowest BCUT2D eigenvalue weighted by Gasteiger charge is -2.05. The fraction of sp³-hybridized carbons (Fsp3) is 0.368. The van der Waals surface area contributed by atoms with Crippen molar-refractivity contribution in [1.29, 1.82) is 0 Å². The molecule has 1 aromatic heterocycles. The van der Waals surface area contributed by atoms with Crippen molar-refractivity contribution >= 4 is 5.78 Å². The number of hydrogen-bond donors (Lipinski definition) is 0. The molecule has 112 valence electrons. The molecule has 0 N–H and O–H groups in total. The van der Waals surface area contributed by atoms with Crippen molar-refractivity contribution in [3.05, 3.63) is 65.0 Å². The van der Waals surface area contributed by atoms with Crippen molar-refractivity contribution in [3.8, 4) is 0 Å². The van der Waals surface area contributed by atoms with E-state index in [1.165, 1.54) is 11.1 Å². The summed E-state index contributed by atoms with van der Waals surface area (Å²) in [6, 6.07) is 11.6. The predicted octanol–water partition coefficient (Wildman–Crippen LogP) is 4.93. The summed E-state index contributed by atoms with van der Waals surface area (Å²) in [4.78, 5) is 16.4. The highest BCUT2D eigenvalue weighted by atomic mass is 16.1. The summed E-state index contributed by atoms with van der Waals surface area (Å²) in [6.45, 7) is 8.12. The Morgan fingerprint density at radius 3 is 2.38 bits per heavy atom. The molecule has 1 heterocycles. The number of benzene rings is 1. The number of Topliss-reactive ketones (excluding diaryl/α,β-unsaturated/α-hetero) is 1. The summed E-state index contributed by atoms with van der Waals surface area (Å²) in [5.41, 5.74) is 4.30. The Kier molecular flexibility index (Phi) is 7.38. The predicted molar refractivity (Wildman–Crippen MR) is 88.8 cm³/mol. The second kappa shape index (κ2) is 9.06. The van der Waals surface area contributed by atoms with Crippen LogP contribution >= 0.6 is 0 Å². The molecule has 0 saturated heterocycles. The first-order valence-corrected chi connectivity index (χ1v) is 7.67. The van der Waals surface area contributed by atoms with Crippen molar-refractivity contribution in [3.63, 3.8) is 0 Å². The molecule has 0 aliphatic carbocycles. The normalized spacial score (nSPS) is 9.71. The summed E-state index contributed by atoms with van der Waals surface area (Å²) < 4.78 is 0. The molecule has 0 aliphatic heterocycles. The van der Waals surface area contributed by atoms with Gasteiger partial charge in [0.2, 0.25) is 0 Å². The molecule has 0 aliphatic rings. The molecule has 0 saturated carbocycles. The molecule has 0 amide bonds. The summed E-state index contributed by atoms with van der Waals surface area (Å²) in [6.07, 6.45) is 4.19. The maximum absolute atomic E-state index is 12.0. The van der Waals surface area contributed by atoms with Gasteiger partial charge >= 0.3 is 0 Å². The largest absolute Gasteiger partial charge is 0.294 e. The van der Waals surface area contributed by atoms with Gasteiger partial charge in [-0.15, -0.1) is 0 Å². The number of aromatic nitrogens is 1. The van der Waals surface area contributed by atoms with Crippen LogP contribution in [-0.2, 0) is 6.42 Å². The first-order chi connectivity index (χ1) is 10.2. The zero-order valence-corrected chi connectivity index (χ0v) is 13.5. The van der Waals surface area contributed by atoms with Crippen LogP contribution in [0.4, 0.5) is 0 Å². The topological polar surface area (TPSA) is 30.0 Å². The van der Waals surface area contributed by atoms with E-state index in [1.807, 2.05) is 57.3 Å². The van der Waals surface area contributed by atoms with E-state index in [-0.39, 0.29) is 5.78 Å². The van der Waals surface area contributed by atoms with Crippen LogP contribution < -0.4 is 0 Å². The number of hydrogen-bond acceptors (Lipinski definition) is 2. The number of carbonyl (C=O) groups is 1. The van der Waals surface area contributed by atoms with Gasteiger partial charge in [0, 0.05) is 23.9 Å². The third-order valence-electron chi connectivity index (χ3n) is 3.24. The third-order valence-corrected chi connectivity index (χ3v) is 3.24. The zero-order chi connectivity index (χ0) is 15.7. The van der Waals surface area contributed by atoms with Gasteiger partial charge in [0.1, 0.15) is 0 Å². The number of aryl methyl sites for hydroxylation is 3. The number of ketones is 1. The van der Waals surface area contributed by atoms with Gasteiger partial charge in [0.15, 0.2) is 5.78 Å². The minimum atomic E-state index is 0.213. The zero-order valence-electron chi connectivity index (χ0n) is 13.5. The minimum absolute atomic E-state index is 0.213. The van der Waals surface area contributed by atoms with Crippen LogP contribution in [0.25, 0.3) is 0 Å². The molecule has 2 nitrogen and oxygen atoms in total. The number of rotatable bonds is 5. The van der Waals surface area contributed by atoms with Crippen LogP contribution in [0.1, 0.15) is 53.9 Å². The number of carbonyl (C=O) groups excluding carboxylic acids is 1. The highest BCUT2D eigenvalue weighted by Gasteiger charge is 2.06. The Labute approximate surface area is 128 Å². The first kappa shape index (κ1) is 17.1. The fourth-order valence-electron chi connectivity index (χ4n) is 2.19. The second-order valence-corrected chi connectivity index (χ2v) is 4.92. The Morgan fingerprint density at radius 1 is 1.10 bits per heavy atom. The molecule has 0 fully saturated rings. The fourth-order valence-corrected chi connectivity index (χ4v) is 2.19. The van der Waals surface area contributed by atoms with Crippen LogP contribution in [0.15, 0.2) is 42.6 Å². The van der Waals surface area contributed by atoms with Crippen molar-refractivity contribution in [1.82, 2.24) is 4.98 Å². The van der Waals surface area contributed by atoms with Crippen molar-refractivity contribution in [2.24, 2.45) is 0 Å². The van der Waals surface area contributed by atoms with Gasteiger partial charge in [-0.25, -0.2) is 0 Å². The summed E-state index contributed by atoms with van der Waals surface area (Å²) >= 11 is 0. The molecule has 0 bridgehead atoms. The second-order valence-electron chi connectivity index (χ2n) is 4.92. The van der Waals surface area contributed by atoms with Crippen LogP contribution in [0.3, 0.4) is 0 Å². The maximum atomic E-state index is 12.0. The lowest BCUT2D eigenvalue weighted by Crippen LogP contribution is -2.01. The molecule has 0 radical (unpaired) electrons.